The van der Waals surface area contributed by atoms with Crippen molar-refractivity contribution in [3.8, 4) is 11.5 Å². The van der Waals surface area contributed by atoms with Crippen LogP contribution in [-0.4, -0.2) is 30.9 Å². The Labute approximate surface area is 156 Å². The first-order valence-electron chi connectivity index (χ1n) is 8.17. The van der Waals surface area contributed by atoms with Crippen LogP contribution < -0.4 is 20.5 Å². The van der Waals surface area contributed by atoms with Gasteiger partial charge in [-0.1, -0.05) is 12.1 Å². The summed E-state index contributed by atoms with van der Waals surface area (Å²) in [6, 6.07) is 10.4. The summed E-state index contributed by atoms with van der Waals surface area (Å²) in [6.07, 6.45) is 1.41. The maximum atomic E-state index is 11.9. The highest BCUT2D eigenvalue weighted by Gasteiger charge is 2.17. The molecule has 1 aromatic heterocycles. The van der Waals surface area contributed by atoms with Gasteiger partial charge in [0, 0.05) is 28.9 Å². The van der Waals surface area contributed by atoms with Crippen molar-refractivity contribution < 1.29 is 19.1 Å². The van der Waals surface area contributed by atoms with E-state index in [1.807, 2.05) is 0 Å². The van der Waals surface area contributed by atoms with Gasteiger partial charge in [0.1, 0.15) is 0 Å². The molecular weight excluding hydrogens is 346 g/mol. The lowest BCUT2D eigenvalue weighted by Crippen LogP contribution is -2.14. The molecule has 0 bridgehead atoms. The predicted molar refractivity (Wildman–Crippen MR) is 103 cm³/mol. The summed E-state index contributed by atoms with van der Waals surface area (Å²) < 4.78 is 10.7. The standard InChI is InChI=1S/C20H19N3O4/c1-11(24)12-5-4-6-13(7-12)23-19-14-8-17(26-2)18(27-3)9-16(14)22-10-15(19)20(21)25/h4-10H,1-3H3,(H2,21,25)(H,22,23). The highest BCUT2D eigenvalue weighted by molar-refractivity contribution is 6.08. The molecule has 138 valence electrons. The van der Waals surface area contributed by atoms with Gasteiger partial charge in [-0.05, 0) is 25.1 Å². The SMILES string of the molecule is COc1cc2ncc(C(N)=O)c(Nc3cccc(C(C)=O)c3)c2cc1OC. The minimum atomic E-state index is -0.621. The number of hydrogen-bond acceptors (Lipinski definition) is 6. The van der Waals surface area contributed by atoms with Crippen LogP contribution >= 0.6 is 0 Å². The van der Waals surface area contributed by atoms with Gasteiger partial charge in [0.15, 0.2) is 17.3 Å². The van der Waals surface area contributed by atoms with E-state index >= 15 is 0 Å². The number of ether oxygens (including phenoxy) is 2. The Morgan fingerprint density at radius 2 is 1.78 bits per heavy atom. The molecule has 0 atom stereocenters. The first kappa shape index (κ1) is 18.2. The van der Waals surface area contributed by atoms with E-state index in [2.05, 4.69) is 10.3 Å². The molecule has 0 unspecified atom stereocenters. The highest BCUT2D eigenvalue weighted by atomic mass is 16.5. The van der Waals surface area contributed by atoms with E-state index < -0.39 is 5.91 Å². The first-order chi connectivity index (χ1) is 12.9. The zero-order valence-electron chi connectivity index (χ0n) is 15.2. The van der Waals surface area contributed by atoms with Crippen LogP contribution in [-0.2, 0) is 0 Å². The number of anilines is 2. The second kappa shape index (κ2) is 7.33. The maximum Gasteiger partial charge on any atom is 0.252 e. The van der Waals surface area contributed by atoms with Gasteiger partial charge in [-0.2, -0.15) is 0 Å². The Morgan fingerprint density at radius 3 is 2.41 bits per heavy atom. The molecule has 1 heterocycles. The van der Waals surface area contributed by atoms with Crippen molar-refractivity contribution in [2.45, 2.75) is 6.92 Å². The topological polar surface area (TPSA) is 104 Å². The largest absolute Gasteiger partial charge is 0.493 e. The highest BCUT2D eigenvalue weighted by Crippen LogP contribution is 2.37. The van der Waals surface area contributed by atoms with Gasteiger partial charge >= 0.3 is 0 Å². The van der Waals surface area contributed by atoms with Crippen LogP contribution in [0.3, 0.4) is 0 Å². The van der Waals surface area contributed by atoms with Crippen LogP contribution in [0.2, 0.25) is 0 Å². The number of fused-ring (bicyclic) bond motifs is 1. The fourth-order valence-corrected chi connectivity index (χ4v) is 2.80. The summed E-state index contributed by atoms with van der Waals surface area (Å²) >= 11 is 0. The number of nitrogens with zero attached hydrogens (tertiary/aromatic N) is 1. The van der Waals surface area contributed by atoms with Crippen LogP contribution in [0.4, 0.5) is 11.4 Å². The Balaban J connectivity index is 2.22. The zero-order valence-corrected chi connectivity index (χ0v) is 15.2. The summed E-state index contributed by atoms with van der Waals surface area (Å²) in [5.41, 5.74) is 8.04. The van der Waals surface area contributed by atoms with E-state index in [4.69, 9.17) is 15.2 Å². The molecule has 0 fully saturated rings. The number of primary amides is 1. The van der Waals surface area contributed by atoms with Crippen molar-refractivity contribution in [3.05, 3.63) is 53.7 Å². The number of amides is 1. The third-order valence-corrected chi connectivity index (χ3v) is 4.18. The number of benzene rings is 2. The Bertz CT molecular complexity index is 1050. The molecule has 0 aliphatic heterocycles. The molecule has 7 heteroatoms. The number of rotatable bonds is 6. The third kappa shape index (κ3) is 3.52. The zero-order chi connectivity index (χ0) is 19.6. The molecule has 7 nitrogen and oxygen atoms in total. The first-order valence-corrected chi connectivity index (χ1v) is 8.17. The van der Waals surface area contributed by atoms with Crippen molar-refractivity contribution in [1.82, 2.24) is 4.98 Å². The number of hydrogen-bond donors (Lipinski definition) is 2. The molecule has 1 amide bonds. The van der Waals surface area contributed by atoms with Crippen molar-refractivity contribution in [1.29, 1.82) is 0 Å². The van der Waals surface area contributed by atoms with Crippen molar-refractivity contribution in [2.75, 3.05) is 19.5 Å². The van der Waals surface area contributed by atoms with E-state index in [-0.39, 0.29) is 11.3 Å². The van der Waals surface area contributed by atoms with Gasteiger partial charge < -0.3 is 20.5 Å². The summed E-state index contributed by atoms with van der Waals surface area (Å²) in [6.45, 7) is 1.49. The lowest BCUT2D eigenvalue weighted by Gasteiger charge is -2.15. The molecule has 27 heavy (non-hydrogen) atoms. The number of carbonyl (C=O) groups is 2. The molecule has 3 aromatic rings. The number of nitrogens with two attached hydrogens (primary N) is 1. The molecule has 0 saturated carbocycles. The van der Waals surface area contributed by atoms with Crippen molar-refractivity contribution in [3.63, 3.8) is 0 Å². The number of aromatic nitrogens is 1. The van der Waals surface area contributed by atoms with Crippen molar-refractivity contribution in [2.24, 2.45) is 5.73 Å². The van der Waals surface area contributed by atoms with Gasteiger partial charge in [0.05, 0.1) is 31.0 Å². The molecule has 0 aliphatic carbocycles. The molecule has 0 saturated heterocycles. The number of nitrogens with one attached hydrogen (secondary N) is 1. The molecule has 3 rings (SSSR count). The molecule has 3 N–H and O–H groups in total. The monoisotopic (exact) mass is 365 g/mol. The molecule has 2 aromatic carbocycles. The number of carbonyl (C=O) groups excluding carboxylic acids is 2. The van der Waals surface area contributed by atoms with E-state index in [0.29, 0.717) is 39.3 Å². The fourth-order valence-electron chi connectivity index (χ4n) is 2.80. The molecule has 0 radical (unpaired) electrons. The van der Waals surface area contributed by atoms with Gasteiger partial charge in [-0.25, -0.2) is 0 Å². The average Bonchev–Trinajstić information content (AvgIpc) is 2.67. The van der Waals surface area contributed by atoms with Crippen LogP contribution in [0.5, 0.6) is 11.5 Å². The Kier molecular flexibility index (Phi) is 4.94. The smallest absolute Gasteiger partial charge is 0.252 e. The Morgan fingerprint density at radius 1 is 1.07 bits per heavy atom. The van der Waals surface area contributed by atoms with Crippen LogP contribution in [0, 0.1) is 0 Å². The molecule has 0 aliphatic rings. The van der Waals surface area contributed by atoms with Gasteiger partial charge in [-0.15, -0.1) is 0 Å². The minimum absolute atomic E-state index is 0.0558. The van der Waals surface area contributed by atoms with E-state index in [1.165, 1.54) is 27.3 Å². The summed E-state index contributed by atoms with van der Waals surface area (Å²) in [5, 5.41) is 3.83. The van der Waals surface area contributed by atoms with E-state index in [0.717, 1.165) is 0 Å². The number of ketones is 1. The van der Waals surface area contributed by atoms with Crippen molar-refractivity contribution >= 4 is 34.0 Å². The Hall–Kier alpha value is -3.61. The number of methoxy groups -OCH3 is 2. The molecular formula is C20H19N3O4. The minimum Gasteiger partial charge on any atom is -0.493 e. The second-order valence-corrected chi connectivity index (χ2v) is 5.90. The van der Waals surface area contributed by atoms with E-state index in [9.17, 15) is 9.59 Å². The average molecular weight is 365 g/mol. The number of pyridine rings is 1. The maximum absolute atomic E-state index is 11.9. The lowest BCUT2D eigenvalue weighted by molar-refractivity contribution is 0.0996. The quantitative estimate of drug-likeness (QED) is 0.650. The van der Waals surface area contributed by atoms with E-state index in [1.54, 1.807) is 36.4 Å². The predicted octanol–water partition coefficient (Wildman–Crippen LogP) is 3.30. The summed E-state index contributed by atoms with van der Waals surface area (Å²) in [4.78, 5) is 27.9. The fraction of sp³-hybridized carbons (Fsp3) is 0.150. The number of Topliss-reactive ketones (excluding diaryl/α,β-unsaturated/α-hetero) is 1. The molecule has 0 spiro atoms. The second-order valence-electron chi connectivity index (χ2n) is 5.90. The normalized spacial score (nSPS) is 10.5. The van der Waals surface area contributed by atoms with Gasteiger partial charge in [-0.3, -0.25) is 14.6 Å². The van der Waals surface area contributed by atoms with Gasteiger partial charge in [0.2, 0.25) is 0 Å². The third-order valence-electron chi connectivity index (χ3n) is 4.18. The van der Waals surface area contributed by atoms with Crippen LogP contribution in [0.15, 0.2) is 42.6 Å². The van der Waals surface area contributed by atoms with Gasteiger partial charge in [0.25, 0.3) is 5.91 Å². The lowest BCUT2D eigenvalue weighted by atomic mass is 10.1. The summed E-state index contributed by atoms with van der Waals surface area (Å²) in [7, 11) is 3.06. The van der Waals surface area contributed by atoms with Crippen LogP contribution in [0.1, 0.15) is 27.6 Å². The van der Waals surface area contributed by atoms with Crippen LogP contribution in [0.25, 0.3) is 10.9 Å². The summed E-state index contributed by atoms with van der Waals surface area (Å²) in [5.74, 6) is 0.340.